The minimum Gasteiger partial charge on any atom is -0.494 e. The van der Waals surface area contributed by atoms with E-state index in [0.29, 0.717) is 28.1 Å². The van der Waals surface area contributed by atoms with Gasteiger partial charge >= 0.3 is 0 Å². The van der Waals surface area contributed by atoms with Gasteiger partial charge in [-0.25, -0.2) is 12.8 Å². The van der Waals surface area contributed by atoms with Crippen LogP contribution in [-0.4, -0.2) is 26.8 Å². The zero-order chi connectivity index (χ0) is 22.2. The molecule has 0 unspecified atom stereocenters. The van der Waals surface area contributed by atoms with Crippen molar-refractivity contribution in [3.05, 3.63) is 77.7 Å². The molecule has 1 heterocycles. The van der Waals surface area contributed by atoms with Gasteiger partial charge < -0.3 is 9.47 Å². The number of benzene rings is 3. The maximum atomic E-state index is 14.8. The summed E-state index contributed by atoms with van der Waals surface area (Å²) >= 11 is 6.05. The molecule has 0 fully saturated rings. The second-order valence-corrected chi connectivity index (χ2v) is 9.31. The third-order valence-electron chi connectivity index (χ3n) is 4.69. The topological polar surface area (TPSA) is 65.5 Å². The molecule has 0 N–H and O–H groups in total. The molecule has 8 heteroatoms. The zero-order valence-electron chi connectivity index (χ0n) is 16.6. The number of methoxy groups -OCH3 is 1. The van der Waals surface area contributed by atoms with Crippen molar-refractivity contribution in [1.29, 1.82) is 0 Å². The second-order valence-electron chi connectivity index (χ2n) is 6.85. The Morgan fingerprint density at radius 2 is 1.77 bits per heavy atom. The first-order chi connectivity index (χ1) is 14.8. The van der Waals surface area contributed by atoms with E-state index in [0.717, 1.165) is 11.6 Å². The minimum absolute atomic E-state index is 0.0320. The summed E-state index contributed by atoms with van der Waals surface area (Å²) in [5.41, 5.74) is 1.54. The Hall–Kier alpha value is -3.16. The molecule has 1 aromatic heterocycles. The number of pyridine rings is 1. The first-order valence-corrected chi connectivity index (χ1v) is 11.4. The highest BCUT2D eigenvalue weighted by Crippen LogP contribution is 2.36. The van der Waals surface area contributed by atoms with Crippen molar-refractivity contribution in [3.63, 3.8) is 0 Å². The second kappa shape index (κ2) is 8.17. The van der Waals surface area contributed by atoms with Crippen molar-refractivity contribution >= 4 is 32.3 Å². The highest BCUT2D eigenvalue weighted by molar-refractivity contribution is 7.90. The van der Waals surface area contributed by atoms with Gasteiger partial charge in [0, 0.05) is 28.4 Å². The van der Waals surface area contributed by atoms with Gasteiger partial charge in [0.25, 0.3) is 0 Å². The molecule has 0 spiro atoms. The number of fused-ring (bicyclic) bond motifs is 1. The lowest BCUT2D eigenvalue weighted by molar-refractivity contribution is 0.419. The maximum Gasteiger partial charge on any atom is 0.175 e. The van der Waals surface area contributed by atoms with Crippen LogP contribution >= 0.6 is 11.6 Å². The summed E-state index contributed by atoms with van der Waals surface area (Å²) in [6.45, 7) is 0. The van der Waals surface area contributed by atoms with Gasteiger partial charge in [-0.2, -0.15) is 0 Å². The Morgan fingerprint density at radius 3 is 2.52 bits per heavy atom. The van der Waals surface area contributed by atoms with Crippen LogP contribution in [0.25, 0.3) is 22.0 Å². The average molecular weight is 458 g/mol. The van der Waals surface area contributed by atoms with Gasteiger partial charge in [-0.3, -0.25) is 4.98 Å². The Kier molecular flexibility index (Phi) is 5.56. The molecule has 158 valence electrons. The van der Waals surface area contributed by atoms with Crippen LogP contribution in [0.4, 0.5) is 4.39 Å². The van der Waals surface area contributed by atoms with E-state index in [4.69, 9.17) is 21.1 Å². The third kappa shape index (κ3) is 4.33. The van der Waals surface area contributed by atoms with Gasteiger partial charge in [0.05, 0.1) is 12.0 Å². The average Bonchev–Trinajstić information content (AvgIpc) is 2.73. The maximum absolute atomic E-state index is 14.8. The summed E-state index contributed by atoms with van der Waals surface area (Å²) in [5, 5.41) is 0.938. The van der Waals surface area contributed by atoms with Crippen molar-refractivity contribution in [2.24, 2.45) is 0 Å². The molecule has 0 saturated carbocycles. The minimum atomic E-state index is -3.47. The van der Waals surface area contributed by atoms with Crippen molar-refractivity contribution < 1.29 is 22.3 Å². The molecule has 0 amide bonds. The molecule has 0 aliphatic heterocycles. The van der Waals surface area contributed by atoms with Crippen LogP contribution in [-0.2, 0) is 9.84 Å². The number of sulfone groups is 1. The summed E-state index contributed by atoms with van der Waals surface area (Å²) in [6, 6.07) is 15.7. The molecule has 5 nitrogen and oxygen atoms in total. The normalized spacial score (nSPS) is 11.5. The van der Waals surface area contributed by atoms with Gasteiger partial charge in [0.15, 0.2) is 9.84 Å². The number of ether oxygens (including phenoxy) is 2. The summed E-state index contributed by atoms with van der Waals surface area (Å²) in [5.74, 6) is 0.697. The van der Waals surface area contributed by atoms with Crippen LogP contribution in [0.1, 0.15) is 0 Å². The van der Waals surface area contributed by atoms with Crippen molar-refractivity contribution in [2.75, 3.05) is 13.4 Å². The lowest BCUT2D eigenvalue weighted by Gasteiger charge is -2.12. The van der Waals surface area contributed by atoms with Crippen LogP contribution in [0.2, 0.25) is 5.02 Å². The van der Waals surface area contributed by atoms with Gasteiger partial charge in [-0.1, -0.05) is 23.7 Å². The number of hydrogen-bond donors (Lipinski definition) is 0. The van der Waals surface area contributed by atoms with E-state index in [9.17, 15) is 12.8 Å². The van der Waals surface area contributed by atoms with Crippen LogP contribution in [0.3, 0.4) is 0 Å². The molecule has 31 heavy (non-hydrogen) atoms. The third-order valence-corrected chi connectivity index (χ3v) is 6.00. The fourth-order valence-electron chi connectivity index (χ4n) is 3.27. The number of aromatic nitrogens is 1. The van der Waals surface area contributed by atoms with Crippen molar-refractivity contribution in [1.82, 2.24) is 4.98 Å². The zero-order valence-corrected chi connectivity index (χ0v) is 18.2. The first-order valence-electron chi connectivity index (χ1n) is 9.16. The fraction of sp³-hybridized carbons (Fsp3) is 0.0870. The molecule has 3 aromatic carbocycles. The number of rotatable bonds is 5. The van der Waals surface area contributed by atoms with E-state index in [1.165, 1.54) is 30.3 Å². The van der Waals surface area contributed by atoms with Crippen LogP contribution in [0, 0.1) is 5.82 Å². The van der Waals surface area contributed by atoms with Crippen LogP contribution < -0.4 is 9.47 Å². The van der Waals surface area contributed by atoms with E-state index >= 15 is 0 Å². The van der Waals surface area contributed by atoms with Crippen molar-refractivity contribution in [2.45, 2.75) is 4.90 Å². The molecule has 4 rings (SSSR count). The first kappa shape index (κ1) is 21.1. The van der Waals surface area contributed by atoms with E-state index < -0.39 is 15.7 Å². The van der Waals surface area contributed by atoms with Crippen LogP contribution in [0.5, 0.6) is 17.2 Å². The predicted molar refractivity (Wildman–Crippen MR) is 118 cm³/mol. The smallest absolute Gasteiger partial charge is 0.175 e. The van der Waals surface area contributed by atoms with E-state index in [1.54, 1.807) is 31.5 Å². The standard InChI is InChI=1S/C23H17ClFNO4S/c1-29-22-5-3-4-19-18(8-9-26-23(19)22)20-13-15(6-7-21(20)25)30-16-10-14(24)11-17(12-16)31(2,27)28/h3-13H,1-2H3. The predicted octanol–water partition coefficient (Wildman–Crippen LogP) is 5.90. The Balaban J connectivity index is 1.80. The molecule has 0 saturated heterocycles. The quantitative estimate of drug-likeness (QED) is 0.373. The lowest BCUT2D eigenvalue weighted by atomic mass is 10.0. The summed E-state index contributed by atoms with van der Waals surface area (Å²) in [7, 11) is -1.92. The Morgan fingerprint density at radius 1 is 0.968 bits per heavy atom. The molecule has 0 atom stereocenters. The molecule has 0 radical (unpaired) electrons. The van der Waals surface area contributed by atoms with Crippen molar-refractivity contribution in [3.8, 4) is 28.4 Å². The molecule has 0 aliphatic carbocycles. The molecular formula is C23H17ClFNO4S. The number of para-hydroxylation sites is 1. The summed E-state index contributed by atoms with van der Waals surface area (Å²) < 4.78 is 49.7. The molecule has 0 aliphatic rings. The Bertz CT molecular complexity index is 1410. The Labute approximate surface area is 183 Å². The lowest BCUT2D eigenvalue weighted by Crippen LogP contribution is -1.98. The number of nitrogens with zero attached hydrogens (tertiary/aromatic N) is 1. The largest absolute Gasteiger partial charge is 0.494 e. The highest BCUT2D eigenvalue weighted by Gasteiger charge is 2.15. The molecular weight excluding hydrogens is 441 g/mol. The number of hydrogen-bond acceptors (Lipinski definition) is 5. The van der Waals surface area contributed by atoms with E-state index in [1.807, 2.05) is 12.1 Å². The SMILES string of the molecule is COc1cccc2c(-c3cc(Oc4cc(Cl)cc(S(C)(=O)=O)c4)ccc3F)ccnc12. The van der Waals surface area contributed by atoms with Crippen LogP contribution in [0.15, 0.2) is 71.8 Å². The van der Waals surface area contributed by atoms with Gasteiger partial charge in [-0.05, 0) is 54.1 Å². The fourth-order valence-corrected chi connectivity index (χ4v) is 4.23. The van der Waals surface area contributed by atoms with Gasteiger partial charge in [0.2, 0.25) is 0 Å². The van der Waals surface area contributed by atoms with E-state index in [-0.39, 0.29) is 15.7 Å². The summed E-state index contributed by atoms with van der Waals surface area (Å²) in [4.78, 5) is 4.38. The van der Waals surface area contributed by atoms with E-state index in [2.05, 4.69) is 4.98 Å². The summed E-state index contributed by atoms with van der Waals surface area (Å²) in [6.07, 6.45) is 2.67. The monoisotopic (exact) mass is 457 g/mol. The van der Waals surface area contributed by atoms with Gasteiger partial charge in [0.1, 0.15) is 28.6 Å². The molecule has 4 aromatic rings. The molecule has 0 bridgehead atoms. The highest BCUT2D eigenvalue weighted by atomic mass is 35.5. The van der Waals surface area contributed by atoms with Gasteiger partial charge in [-0.15, -0.1) is 0 Å². The number of halogens is 2.